The molecule has 1 spiro atoms. The fraction of sp³-hybridized carbons (Fsp3) is 0.611. The zero-order valence-electron chi connectivity index (χ0n) is 13.1. The summed E-state index contributed by atoms with van der Waals surface area (Å²) in [5.41, 5.74) is 1.59. The Labute approximate surface area is 127 Å². The van der Waals surface area contributed by atoms with Crippen molar-refractivity contribution in [1.82, 2.24) is 9.80 Å². The Balaban J connectivity index is 1.55. The lowest BCUT2D eigenvalue weighted by molar-refractivity contribution is -0.129. The van der Waals surface area contributed by atoms with Crippen molar-refractivity contribution in [2.75, 3.05) is 26.7 Å². The van der Waals surface area contributed by atoms with Gasteiger partial charge in [0, 0.05) is 32.1 Å². The SMILES string of the molecule is CN1C(=O)CC[C@@]12CCCN(CCc1ccccc1)CC2. The average Bonchev–Trinajstić information content (AvgIpc) is 2.69. The molecule has 0 aliphatic carbocycles. The Morgan fingerprint density at radius 2 is 1.90 bits per heavy atom. The molecule has 0 radical (unpaired) electrons. The molecule has 2 aliphatic rings. The van der Waals surface area contributed by atoms with Gasteiger partial charge in [0.2, 0.25) is 5.91 Å². The van der Waals surface area contributed by atoms with E-state index in [9.17, 15) is 4.79 Å². The Morgan fingerprint density at radius 3 is 2.62 bits per heavy atom. The lowest BCUT2D eigenvalue weighted by atomic mass is 9.88. The van der Waals surface area contributed by atoms with E-state index in [-0.39, 0.29) is 5.54 Å². The third-order valence-electron chi connectivity index (χ3n) is 5.46. The van der Waals surface area contributed by atoms with Crippen molar-refractivity contribution in [3.8, 4) is 0 Å². The molecule has 0 N–H and O–H groups in total. The summed E-state index contributed by atoms with van der Waals surface area (Å²) < 4.78 is 0. The Morgan fingerprint density at radius 1 is 1.10 bits per heavy atom. The Hall–Kier alpha value is -1.35. The summed E-state index contributed by atoms with van der Waals surface area (Å²) >= 11 is 0. The van der Waals surface area contributed by atoms with Gasteiger partial charge < -0.3 is 9.80 Å². The highest BCUT2D eigenvalue weighted by atomic mass is 16.2. The van der Waals surface area contributed by atoms with Gasteiger partial charge in [-0.25, -0.2) is 0 Å². The zero-order valence-corrected chi connectivity index (χ0v) is 13.1. The van der Waals surface area contributed by atoms with Crippen molar-refractivity contribution in [3.63, 3.8) is 0 Å². The van der Waals surface area contributed by atoms with Crippen LogP contribution in [0.1, 0.15) is 37.7 Å². The number of nitrogens with zero attached hydrogens (tertiary/aromatic N) is 2. The summed E-state index contributed by atoms with van der Waals surface area (Å²) in [7, 11) is 2.01. The Kier molecular flexibility index (Phi) is 4.29. The van der Waals surface area contributed by atoms with Crippen LogP contribution in [0.15, 0.2) is 30.3 Å². The summed E-state index contributed by atoms with van der Waals surface area (Å²) in [5, 5.41) is 0. The lowest BCUT2D eigenvalue weighted by Gasteiger charge is -2.35. The van der Waals surface area contributed by atoms with Crippen molar-refractivity contribution in [2.24, 2.45) is 0 Å². The molecular formula is C18H26N2O. The summed E-state index contributed by atoms with van der Waals surface area (Å²) in [4.78, 5) is 16.5. The van der Waals surface area contributed by atoms with E-state index in [0.29, 0.717) is 5.91 Å². The van der Waals surface area contributed by atoms with Gasteiger partial charge in [-0.1, -0.05) is 30.3 Å². The average molecular weight is 286 g/mol. The molecule has 2 heterocycles. The molecule has 114 valence electrons. The molecule has 3 nitrogen and oxygen atoms in total. The molecule has 0 saturated carbocycles. The van der Waals surface area contributed by atoms with Crippen molar-refractivity contribution in [1.29, 1.82) is 0 Å². The van der Waals surface area contributed by atoms with Crippen LogP contribution in [0.5, 0.6) is 0 Å². The molecule has 2 aliphatic heterocycles. The van der Waals surface area contributed by atoms with E-state index in [4.69, 9.17) is 0 Å². The highest BCUT2D eigenvalue weighted by Gasteiger charge is 2.43. The van der Waals surface area contributed by atoms with E-state index in [0.717, 1.165) is 38.8 Å². The molecule has 2 fully saturated rings. The normalized spacial score (nSPS) is 27.3. The number of likely N-dealkylation sites (tertiary alicyclic amines) is 2. The van der Waals surface area contributed by atoms with Gasteiger partial charge in [-0.2, -0.15) is 0 Å². The van der Waals surface area contributed by atoms with Crippen molar-refractivity contribution >= 4 is 5.91 Å². The molecule has 3 heteroatoms. The first-order valence-electron chi connectivity index (χ1n) is 8.23. The van der Waals surface area contributed by atoms with Crippen LogP contribution in [0.2, 0.25) is 0 Å². The van der Waals surface area contributed by atoms with Crippen molar-refractivity contribution in [3.05, 3.63) is 35.9 Å². The third-order valence-corrected chi connectivity index (χ3v) is 5.46. The minimum atomic E-state index is 0.165. The Bertz CT molecular complexity index is 487. The summed E-state index contributed by atoms with van der Waals surface area (Å²) in [6.07, 6.45) is 6.48. The minimum absolute atomic E-state index is 0.165. The molecule has 21 heavy (non-hydrogen) atoms. The predicted molar refractivity (Wildman–Crippen MR) is 85.2 cm³/mol. The van der Waals surface area contributed by atoms with Crippen LogP contribution < -0.4 is 0 Å². The number of carbonyl (C=O) groups is 1. The topological polar surface area (TPSA) is 23.6 Å². The van der Waals surface area contributed by atoms with E-state index in [1.807, 2.05) is 11.9 Å². The van der Waals surface area contributed by atoms with Crippen LogP contribution in [-0.4, -0.2) is 47.9 Å². The van der Waals surface area contributed by atoms with Crippen molar-refractivity contribution in [2.45, 2.75) is 44.1 Å². The summed E-state index contributed by atoms with van der Waals surface area (Å²) in [6, 6.07) is 10.7. The first-order valence-corrected chi connectivity index (χ1v) is 8.23. The maximum atomic E-state index is 11.9. The quantitative estimate of drug-likeness (QED) is 0.853. The zero-order chi connectivity index (χ0) is 14.7. The second kappa shape index (κ2) is 6.18. The van der Waals surface area contributed by atoms with Gasteiger partial charge in [-0.15, -0.1) is 0 Å². The molecule has 1 aromatic rings. The molecule has 0 aromatic heterocycles. The van der Waals surface area contributed by atoms with E-state index >= 15 is 0 Å². The van der Waals surface area contributed by atoms with Crippen LogP contribution >= 0.6 is 0 Å². The molecule has 1 atom stereocenters. The largest absolute Gasteiger partial charge is 0.340 e. The highest BCUT2D eigenvalue weighted by Crippen LogP contribution is 2.37. The highest BCUT2D eigenvalue weighted by molar-refractivity contribution is 5.79. The van der Waals surface area contributed by atoms with Crippen LogP contribution in [0.3, 0.4) is 0 Å². The second-order valence-electron chi connectivity index (χ2n) is 6.61. The third kappa shape index (κ3) is 3.13. The summed E-state index contributed by atoms with van der Waals surface area (Å²) in [5.74, 6) is 0.340. The van der Waals surface area contributed by atoms with Crippen molar-refractivity contribution < 1.29 is 4.79 Å². The van der Waals surface area contributed by atoms with Crippen LogP contribution in [0.25, 0.3) is 0 Å². The predicted octanol–water partition coefficient (Wildman–Crippen LogP) is 2.71. The molecular weight excluding hydrogens is 260 g/mol. The van der Waals surface area contributed by atoms with Gasteiger partial charge >= 0.3 is 0 Å². The van der Waals surface area contributed by atoms with E-state index in [1.165, 1.54) is 24.9 Å². The van der Waals surface area contributed by atoms with E-state index in [2.05, 4.69) is 35.2 Å². The number of hydrogen-bond donors (Lipinski definition) is 0. The van der Waals surface area contributed by atoms with Crippen LogP contribution in [0.4, 0.5) is 0 Å². The maximum absolute atomic E-state index is 11.9. The molecule has 3 rings (SSSR count). The fourth-order valence-electron chi connectivity index (χ4n) is 3.92. The number of rotatable bonds is 3. The second-order valence-corrected chi connectivity index (χ2v) is 6.61. The molecule has 1 amide bonds. The van der Waals surface area contributed by atoms with Gasteiger partial charge in [-0.05, 0) is 44.2 Å². The lowest BCUT2D eigenvalue weighted by Crippen LogP contribution is -2.43. The smallest absolute Gasteiger partial charge is 0.222 e. The number of hydrogen-bond acceptors (Lipinski definition) is 2. The van der Waals surface area contributed by atoms with Crippen LogP contribution in [-0.2, 0) is 11.2 Å². The van der Waals surface area contributed by atoms with Gasteiger partial charge in [0.1, 0.15) is 0 Å². The van der Waals surface area contributed by atoms with Gasteiger partial charge in [0.05, 0.1) is 0 Å². The van der Waals surface area contributed by atoms with E-state index in [1.54, 1.807) is 0 Å². The molecule has 0 unspecified atom stereocenters. The monoisotopic (exact) mass is 286 g/mol. The van der Waals surface area contributed by atoms with Gasteiger partial charge in [-0.3, -0.25) is 4.79 Å². The first-order chi connectivity index (χ1) is 10.2. The minimum Gasteiger partial charge on any atom is -0.340 e. The maximum Gasteiger partial charge on any atom is 0.222 e. The standard InChI is InChI=1S/C18H26N2O/c1-19-17(21)8-11-18(19)10-5-13-20(15-12-18)14-9-16-6-3-2-4-7-16/h2-4,6-7H,5,8-15H2,1H3/t18-/m1/s1. The van der Waals surface area contributed by atoms with Crippen LogP contribution in [0, 0.1) is 0 Å². The summed E-state index contributed by atoms with van der Waals surface area (Å²) in [6.45, 7) is 3.44. The molecule has 0 bridgehead atoms. The molecule has 1 aromatic carbocycles. The number of benzene rings is 1. The first kappa shape index (κ1) is 14.6. The van der Waals surface area contributed by atoms with Gasteiger partial charge in [0.15, 0.2) is 0 Å². The fourth-order valence-corrected chi connectivity index (χ4v) is 3.92. The van der Waals surface area contributed by atoms with Gasteiger partial charge in [0.25, 0.3) is 0 Å². The number of amides is 1. The van der Waals surface area contributed by atoms with E-state index < -0.39 is 0 Å². The molecule has 2 saturated heterocycles. The number of carbonyl (C=O) groups excluding carboxylic acids is 1.